The quantitative estimate of drug-likeness (QED) is 0.459. The first kappa shape index (κ1) is 20.6. The molecule has 10 heteroatoms. The monoisotopic (exact) mass is 453 g/mol. The number of nitrogens with one attached hydrogen (secondary N) is 2. The van der Waals surface area contributed by atoms with E-state index in [4.69, 9.17) is 11.6 Å². The molecule has 156 valence electrons. The molecular formula is C21H16ClN5O3S. The summed E-state index contributed by atoms with van der Waals surface area (Å²) in [5.41, 5.74) is 1.91. The van der Waals surface area contributed by atoms with Crippen LogP contribution in [0.1, 0.15) is 10.4 Å². The number of anilines is 2. The minimum atomic E-state index is -3.84. The molecule has 4 rings (SSSR count). The maximum atomic E-state index is 12.7. The van der Waals surface area contributed by atoms with Crippen LogP contribution in [0, 0.1) is 0 Å². The average molecular weight is 454 g/mol. The van der Waals surface area contributed by atoms with E-state index >= 15 is 0 Å². The molecule has 0 spiro atoms. The van der Waals surface area contributed by atoms with E-state index in [1.807, 2.05) is 0 Å². The molecule has 0 saturated heterocycles. The summed E-state index contributed by atoms with van der Waals surface area (Å²) in [4.78, 5) is 16.5. The predicted molar refractivity (Wildman–Crippen MR) is 118 cm³/mol. The normalized spacial score (nSPS) is 11.1. The van der Waals surface area contributed by atoms with Gasteiger partial charge in [0.25, 0.3) is 15.9 Å². The van der Waals surface area contributed by atoms with Gasteiger partial charge in [-0.25, -0.2) is 18.1 Å². The lowest BCUT2D eigenvalue weighted by atomic mass is 10.2. The molecule has 0 radical (unpaired) electrons. The molecule has 8 nitrogen and oxygen atoms in total. The Labute approximate surface area is 183 Å². The number of nitrogens with zero attached hydrogens (tertiary/aromatic N) is 3. The van der Waals surface area contributed by atoms with Gasteiger partial charge in [0.1, 0.15) is 12.7 Å². The van der Waals surface area contributed by atoms with Gasteiger partial charge in [0.05, 0.1) is 10.6 Å². The number of carbonyl (C=O) groups excluding carboxylic acids is 1. The van der Waals surface area contributed by atoms with E-state index in [0.29, 0.717) is 22.0 Å². The second-order valence-electron chi connectivity index (χ2n) is 6.48. The van der Waals surface area contributed by atoms with E-state index in [1.54, 1.807) is 71.7 Å². The minimum Gasteiger partial charge on any atom is -0.322 e. The van der Waals surface area contributed by atoms with Crippen molar-refractivity contribution in [2.45, 2.75) is 4.90 Å². The third kappa shape index (κ3) is 4.90. The largest absolute Gasteiger partial charge is 0.322 e. The molecule has 0 unspecified atom stereocenters. The summed E-state index contributed by atoms with van der Waals surface area (Å²) >= 11 is 5.83. The van der Waals surface area contributed by atoms with Crippen molar-refractivity contribution in [3.63, 3.8) is 0 Å². The van der Waals surface area contributed by atoms with Crippen molar-refractivity contribution in [3.05, 3.63) is 96.0 Å². The van der Waals surface area contributed by atoms with Gasteiger partial charge in [-0.3, -0.25) is 9.52 Å². The van der Waals surface area contributed by atoms with Gasteiger partial charge < -0.3 is 5.32 Å². The van der Waals surface area contributed by atoms with Crippen LogP contribution < -0.4 is 10.0 Å². The number of hydrogen-bond donors (Lipinski definition) is 2. The van der Waals surface area contributed by atoms with Crippen molar-refractivity contribution in [3.8, 4) is 5.69 Å². The van der Waals surface area contributed by atoms with Gasteiger partial charge in [0, 0.05) is 22.0 Å². The Hall–Kier alpha value is -3.69. The lowest BCUT2D eigenvalue weighted by Gasteiger charge is -2.11. The molecule has 31 heavy (non-hydrogen) atoms. The second-order valence-corrected chi connectivity index (χ2v) is 8.60. The van der Waals surface area contributed by atoms with Crippen LogP contribution in [-0.2, 0) is 10.0 Å². The van der Waals surface area contributed by atoms with Crippen LogP contribution in [0.15, 0.2) is 90.3 Å². The average Bonchev–Trinajstić information content (AvgIpc) is 3.30. The summed E-state index contributed by atoms with van der Waals surface area (Å²) in [6.45, 7) is 0. The third-order valence-corrected chi connectivity index (χ3v) is 5.94. The van der Waals surface area contributed by atoms with E-state index in [1.165, 1.54) is 18.5 Å². The Bertz CT molecular complexity index is 1310. The Morgan fingerprint density at radius 1 is 0.935 bits per heavy atom. The highest BCUT2D eigenvalue weighted by molar-refractivity contribution is 7.92. The van der Waals surface area contributed by atoms with Crippen LogP contribution in [-0.4, -0.2) is 29.1 Å². The number of benzene rings is 3. The summed E-state index contributed by atoms with van der Waals surface area (Å²) in [7, 11) is -3.84. The summed E-state index contributed by atoms with van der Waals surface area (Å²) in [5.74, 6) is -0.370. The van der Waals surface area contributed by atoms with E-state index < -0.39 is 10.0 Å². The molecule has 1 amide bonds. The Morgan fingerprint density at radius 2 is 1.68 bits per heavy atom. The number of aromatic nitrogens is 3. The highest BCUT2D eigenvalue weighted by Gasteiger charge is 2.16. The van der Waals surface area contributed by atoms with Gasteiger partial charge in [-0.2, -0.15) is 5.10 Å². The zero-order valence-corrected chi connectivity index (χ0v) is 17.5. The number of sulfonamides is 1. The molecule has 3 aromatic carbocycles. The number of hydrogen-bond acceptors (Lipinski definition) is 5. The Morgan fingerprint density at radius 3 is 2.35 bits per heavy atom. The van der Waals surface area contributed by atoms with Crippen LogP contribution in [0.5, 0.6) is 0 Å². The lowest BCUT2D eigenvalue weighted by Crippen LogP contribution is -2.15. The van der Waals surface area contributed by atoms with Crippen LogP contribution in [0.25, 0.3) is 5.69 Å². The Kier molecular flexibility index (Phi) is 5.70. The molecular weight excluding hydrogens is 438 g/mol. The van der Waals surface area contributed by atoms with Gasteiger partial charge >= 0.3 is 0 Å². The minimum absolute atomic E-state index is 0.0155. The maximum Gasteiger partial charge on any atom is 0.261 e. The lowest BCUT2D eigenvalue weighted by molar-refractivity contribution is 0.102. The number of amides is 1. The number of rotatable bonds is 6. The van der Waals surface area contributed by atoms with Crippen molar-refractivity contribution in [1.29, 1.82) is 0 Å². The van der Waals surface area contributed by atoms with Crippen LogP contribution >= 0.6 is 11.6 Å². The maximum absolute atomic E-state index is 12.7. The molecule has 1 aromatic heterocycles. The molecule has 1 heterocycles. The van der Waals surface area contributed by atoms with Crippen molar-refractivity contribution >= 4 is 38.9 Å². The second kappa shape index (κ2) is 8.58. The van der Waals surface area contributed by atoms with Gasteiger partial charge in [0.15, 0.2) is 0 Å². The smallest absolute Gasteiger partial charge is 0.261 e. The molecule has 0 aliphatic rings. The number of halogens is 1. The van der Waals surface area contributed by atoms with Crippen LogP contribution in [0.2, 0.25) is 5.02 Å². The van der Waals surface area contributed by atoms with Gasteiger partial charge in [-0.05, 0) is 66.7 Å². The highest BCUT2D eigenvalue weighted by Crippen LogP contribution is 2.21. The standard InChI is InChI=1S/C21H16ClN5O3S/c22-16-6-8-17(9-7-16)26-31(29,30)20-3-1-2-18(12-20)25-21(28)15-4-10-19(11-5-15)27-14-23-13-24-27/h1-14,26H,(H,25,28). The number of carbonyl (C=O) groups is 1. The predicted octanol–water partition coefficient (Wildman–Crippen LogP) is 3.97. The molecule has 0 aliphatic heterocycles. The first-order valence-corrected chi connectivity index (χ1v) is 10.9. The Balaban J connectivity index is 1.49. The van der Waals surface area contributed by atoms with Crippen molar-refractivity contribution in [2.24, 2.45) is 0 Å². The molecule has 0 bridgehead atoms. The van der Waals surface area contributed by atoms with E-state index in [9.17, 15) is 13.2 Å². The SMILES string of the molecule is O=C(Nc1cccc(S(=O)(=O)Nc2ccc(Cl)cc2)c1)c1ccc(-n2cncn2)cc1. The van der Waals surface area contributed by atoms with Crippen molar-refractivity contribution in [2.75, 3.05) is 10.0 Å². The van der Waals surface area contributed by atoms with E-state index in [-0.39, 0.29) is 10.8 Å². The molecule has 0 aliphatic carbocycles. The summed E-state index contributed by atoms with van der Waals surface area (Å²) in [6, 6.07) is 19.1. The van der Waals surface area contributed by atoms with Crippen molar-refractivity contribution in [1.82, 2.24) is 14.8 Å². The fraction of sp³-hybridized carbons (Fsp3) is 0. The van der Waals surface area contributed by atoms with Gasteiger partial charge in [-0.1, -0.05) is 17.7 Å². The first-order chi connectivity index (χ1) is 14.9. The zero-order chi connectivity index (χ0) is 21.8. The van der Waals surface area contributed by atoms with E-state index in [2.05, 4.69) is 20.1 Å². The molecule has 4 aromatic rings. The fourth-order valence-corrected chi connectivity index (χ4v) is 4.01. The zero-order valence-electron chi connectivity index (χ0n) is 15.9. The van der Waals surface area contributed by atoms with Crippen LogP contribution in [0.3, 0.4) is 0 Å². The first-order valence-electron chi connectivity index (χ1n) is 9.06. The van der Waals surface area contributed by atoms with Gasteiger partial charge in [0.2, 0.25) is 0 Å². The van der Waals surface area contributed by atoms with Gasteiger partial charge in [-0.15, -0.1) is 0 Å². The van der Waals surface area contributed by atoms with Crippen LogP contribution in [0.4, 0.5) is 11.4 Å². The third-order valence-electron chi connectivity index (χ3n) is 4.31. The summed E-state index contributed by atoms with van der Waals surface area (Å²) in [5, 5.41) is 7.25. The highest BCUT2D eigenvalue weighted by atomic mass is 35.5. The topological polar surface area (TPSA) is 106 Å². The van der Waals surface area contributed by atoms with E-state index in [0.717, 1.165) is 5.69 Å². The summed E-state index contributed by atoms with van der Waals surface area (Å²) in [6.07, 6.45) is 2.97. The molecule has 2 N–H and O–H groups in total. The van der Waals surface area contributed by atoms with Crippen molar-refractivity contribution < 1.29 is 13.2 Å². The molecule has 0 fully saturated rings. The molecule has 0 saturated carbocycles. The fourth-order valence-electron chi connectivity index (χ4n) is 2.78. The summed E-state index contributed by atoms with van der Waals surface area (Å²) < 4.78 is 29.4. The molecule has 0 atom stereocenters.